The van der Waals surface area contributed by atoms with Gasteiger partial charge in [-0.15, -0.1) is 0 Å². The van der Waals surface area contributed by atoms with Crippen molar-refractivity contribution in [3.05, 3.63) is 77.9 Å². The van der Waals surface area contributed by atoms with Gasteiger partial charge in [-0.3, -0.25) is 0 Å². The molecule has 0 unspecified atom stereocenters. The van der Waals surface area contributed by atoms with Gasteiger partial charge < -0.3 is 5.11 Å². The Morgan fingerprint density at radius 2 is 1.32 bits per heavy atom. The third kappa shape index (κ3) is 2.88. The molecule has 3 aromatic rings. The zero-order valence-corrected chi connectivity index (χ0v) is 12.2. The quantitative estimate of drug-likeness (QED) is 0.776. The van der Waals surface area contributed by atoms with E-state index >= 15 is 0 Å². The van der Waals surface area contributed by atoms with E-state index in [-0.39, 0.29) is 5.56 Å². The van der Waals surface area contributed by atoms with Crippen LogP contribution in [0.1, 0.15) is 15.9 Å². The van der Waals surface area contributed by atoms with E-state index in [4.69, 9.17) is 5.11 Å². The molecule has 0 bridgehead atoms. The topological polar surface area (TPSA) is 50.2 Å². The van der Waals surface area contributed by atoms with Crippen molar-refractivity contribution >= 4 is 5.97 Å². The summed E-state index contributed by atoms with van der Waals surface area (Å²) in [4.78, 5) is 15.6. The maximum atomic E-state index is 10.9. The highest BCUT2D eigenvalue weighted by atomic mass is 16.4. The summed E-state index contributed by atoms with van der Waals surface area (Å²) in [5, 5.41) is 8.95. The minimum Gasteiger partial charge on any atom is -0.478 e. The SMILES string of the molecule is Cc1ccc(-c2cccc(-c3ccc(C(=O)O)cc3)n2)cc1. The molecular formula is C19H15NO2. The van der Waals surface area contributed by atoms with Crippen molar-refractivity contribution in [1.29, 1.82) is 0 Å². The lowest BCUT2D eigenvalue weighted by Gasteiger charge is -2.06. The molecule has 3 heteroatoms. The standard InChI is InChI=1S/C19H15NO2/c1-13-5-7-14(8-6-13)17-3-2-4-18(20-17)15-9-11-16(12-10-15)19(21)22/h2-12H,1H3,(H,21,22). The Morgan fingerprint density at radius 3 is 1.82 bits per heavy atom. The molecule has 3 rings (SSSR count). The number of nitrogens with zero attached hydrogens (tertiary/aromatic N) is 1. The van der Waals surface area contributed by atoms with E-state index in [0.29, 0.717) is 0 Å². The number of rotatable bonds is 3. The van der Waals surface area contributed by atoms with Crippen molar-refractivity contribution in [2.75, 3.05) is 0 Å². The van der Waals surface area contributed by atoms with Gasteiger partial charge in [-0.05, 0) is 31.2 Å². The van der Waals surface area contributed by atoms with Crippen LogP contribution < -0.4 is 0 Å². The van der Waals surface area contributed by atoms with Crippen LogP contribution in [-0.4, -0.2) is 16.1 Å². The first kappa shape index (κ1) is 14.0. The van der Waals surface area contributed by atoms with Gasteiger partial charge in [-0.2, -0.15) is 0 Å². The highest BCUT2D eigenvalue weighted by Gasteiger charge is 2.06. The number of hydrogen-bond acceptors (Lipinski definition) is 2. The summed E-state index contributed by atoms with van der Waals surface area (Å²) in [6.07, 6.45) is 0. The van der Waals surface area contributed by atoms with Gasteiger partial charge in [0, 0.05) is 11.1 Å². The molecule has 1 N–H and O–H groups in total. The predicted octanol–water partition coefficient (Wildman–Crippen LogP) is 4.42. The van der Waals surface area contributed by atoms with Crippen LogP contribution in [0.15, 0.2) is 66.7 Å². The Morgan fingerprint density at radius 1 is 0.818 bits per heavy atom. The fourth-order valence-corrected chi connectivity index (χ4v) is 2.26. The van der Waals surface area contributed by atoms with Gasteiger partial charge in [-0.25, -0.2) is 9.78 Å². The van der Waals surface area contributed by atoms with E-state index in [1.54, 1.807) is 24.3 Å². The molecule has 1 aromatic heterocycles. The molecule has 0 spiro atoms. The van der Waals surface area contributed by atoms with Crippen molar-refractivity contribution in [3.8, 4) is 22.5 Å². The third-order valence-corrected chi connectivity index (χ3v) is 3.52. The highest BCUT2D eigenvalue weighted by Crippen LogP contribution is 2.23. The Labute approximate surface area is 128 Å². The highest BCUT2D eigenvalue weighted by molar-refractivity contribution is 5.88. The Kier molecular flexibility index (Phi) is 3.71. The van der Waals surface area contributed by atoms with Gasteiger partial charge in [0.2, 0.25) is 0 Å². The summed E-state index contributed by atoms with van der Waals surface area (Å²) in [6, 6.07) is 20.8. The third-order valence-electron chi connectivity index (χ3n) is 3.52. The largest absolute Gasteiger partial charge is 0.478 e. The van der Waals surface area contributed by atoms with Gasteiger partial charge in [0.25, 0.3) is 0 Å². The molecule has 0 saturated carbocycles. The molecule has 2 aromatic carbocycles. The Bertz CT molecular complexity index is 806. The number of pyridine rings is 1. The molecule has 0 aliphatic heterocycles. The second-order valence-electron chi connectivity index (χ2n) is 5.16. The van der Waals surface area contributed by atoms with Crippen LogP contribution >= 0.6 is 0 Å². The van der Waals surface area contributed by atoms with Crippen molar-refractivity contribution in [1.82, 2.24) is 4.98 Å². The fraction of sp³-hybridized carbons (Fsp3) is 0.0526. The van der Waals surface area contributed by atoms with Crippen LogP contribution in [0.25, 0.3) is 22.5 Å². The van der Waals surface area contributed by atoms with E-state index < -0.39 is 5.97 Å². The van der Waals surface area contributed by atoms with Crippen LogP contribution in [0.3, 0.4) is 0 Å². The van der Waals surface area contributed by atoms with E-state index in [1.165, 1.54) is 5.56 Å². The summed E-state index contributed by atoms with van der Waals surface area (Å²) >= 11 is 0. The van der Waals surface area contributed by atoms with E-state index in [2.05, 4.69) is 36.2 Å². The van der Waals surface area contributed by atoms with Gasteiger partial charge in [-0.1, -0.05) is 48.0 Å². The Hall–Kier alpha value is -2.94. The van der Waals surface area contributed by atoms with Crippen molar-refractivity contribution in [3.63, 3.8) is 0 Å². The van der Waals surface area contributed by atoms with E-state index in [1.807, 2.05) is 18.2 Å². The summed E-state index contributed by atoms with van der Waals surface area (Å²) < 4.78 is 0. The summed E-state index contributed by atoms with van der Waals surface area (Å²) in [7, 11) is 0. The molecule has 0 amide bonds. The Balaban J connectivity index is 1.97. The molecule has 0 atom stereocenters. The number of aryl methyl sites for hydroxylation is 1. The van der Waals surface area contributed by atoms with Crippen LogP contribution in [0, 0.1) is 6.92 Å². The number of carbonyl (C=O) groups is 1. The maximum Gasteiger partial charge on any atom is 0.335 e. The molecule has 0 saturated heterocycles. The van der Waals surface area contributed by atoms with Crippen molar-refractivity contribution in [2.24, 2.45) is 0 Å². The van der Waals surface area contributed by atoms with Gasteiger partial charge in [0.05, 0.1) is 17.0 Å². The average Bonchev–Trinajstić information content (AvgIpc) is 2.56. The summed E-state index contributed by atoms with van der Waals surface area (Å²) in [5.74, 6) is -0.923. The second-order valence-corrected chi connectivity index (χ2v) is 5.16. The maximum absolute atomic E-state index is 10.9. The first-order chi connectivity index (χ1) is 10.6. The molecule has 0 radical (unpaired) electrons. The normalized spacial score (nSPS) is 10.4. The molecule has 22 heavy (non-hydrogen) atoms. The minimum absolute atomic E-state index is 0.276. The molecule has 3 nitrogen and oxygen atoms in total. The number of carboxylic acid groups (broad SMARTS) is 1. The lowest BCUT2D eigenvalue weighted by Crippen LogP contribution is -1.95. The van der Waals surface area contributed by atoms with E-state index in [0.717, 1.165) is 22.5 Å². The molecule has 0 aliphatic carbocycles. The van der Waals surface area contributed by atoms with Gasteiger partial charge in [0.1, 0.15) is 0 Å². The molecule has 0 fully saturated rings. The number of aromatic carboxylic acids is 1. The monoisotopic (exact) mass is 289 g/mol. The number of benzene rings is 2. The summed E-state index contributed by atoms with van der Waals surface area (Å²) in [6.45, 7) is 2.05. The predicted molar refractivity (Wildman–Crippen MR) is 86.8 cm³/mol. The second kappa shape index (κ2) is 5.82. The number of aromatic nitrogens is 1. The lowest BCUT2D eigenvalue weighted by atomic mass is 10.1. The minimum atomic E-state index is -0.923. The first-order valence-corrected chi connectivity index (χ1v) is 7.01. The number of carboxylic acids is 1. The molecular weight excluding hydrogens is 274 g/mol. The lowest BCUT2D eigenvalue weighted by molar-refractivity contribution is 0.0697. The van der Waals surface area contributed by atoms with Crippen LogP contribution in [-0.2, 0) is 0 Å². The average molecular weight is 289 g/mol. The van der Waals surface area contributed by atoms with Crippen LogP contribution in [0.5, 0.6) is 0 Å². The fourth-order valence-electron chi connectivity index (χ4n) is 2.26. The van der Waals surface area contributed by atoms with Crippen molar-refractivity contribution < 1.29 is 9.90 Å². The van der Waals surface area contributed by atoms with Gasteiger partial charge in [0.15, 0.2) is 0 Å². The van der Waals surface area contributed by atoms with Crippen LogP contribution in [0.2, 0.25) is 0 Å². The first-order valence-electron chi connectivity index (χ1n) is 7.01. The number of hydrogen-bond donors (Lipinski definition) is 1. The smallest absolute Gasteiger partial charge is 0.335 e. The molecule has 0 aliphatic rings. The zero-order valence-electron chi connectivity index (χ0n) is 12.2. The summed E-state index contributed by atoms with van der Waals surface area (Å²) in [5.41, 5.74) is 5.19. The van der Waals surface area contributed by atoms with Crippen LogP contribution in [0.4, 0.5) is 0 Å². The molecule has 108 valence electrons. The molecule has 1 heterocycles. The zero-order chi connectivity index (χ0) is 15.5. The van der Waals surface area contributed by atoms with E-state index in [9.17, 15) is 4.79 Å². The van der Waals surface area contributed by atoms with Gasteiger partial charge >= 0.3 is 5.97 Å². The van der Waals surface area contributed by atoms with Crippen molar-refractivity contribution in [2.45, 2.75) is 6.92 Å².